The van der Waals surface area contributed by atoms with Crippen molar-refractivity contribution in [3.8, 4) is 0 Å². The second kappa shape index (κ2) is 54.6. The molecule has 15 amide bonds. The number of nitrogens with one attached hydrogen (secondary N) is 20. The van der Waals surface area contributed by atoms with Gasteiger partial charge in [0, 0.05) is 55.0 Å². The lowest BCUT2D eigenvalue weighted by Crippen LogP contribution is -2.61. The largest absolute Gasteiger partial charge is 0.481 e. The predicted octanol–water partition coefficient (Wildman–Crippen LogP) is -7.15. The zero-order valence-electron chi connectivity index (χ0n) is 70.7. The molecule has 0 aliphatic carbocycles. The monoisotopic (exact) mass is 1790 g/mol. The lowest BCUT2D eigenvalue weighted by molar-refractivity contribution is -0.143. The Morgan fingerprint density at radius 1 is 0.500 bits per heavy atom. The van der Waals surface area contributed by atoms with Crippen LogP contribution < -0.4 is 108 Å². The number of thiol groups is 1. The van der Waals surface area contributed by atoms with Crippen LogP contribution in [-0.2, 0) is 94.3 Å². The Balaban J connectivity index is 1.87. The molecule has 2 heterocycles. The third-order valence-electron chi connectivity index (χ3n) is 19.2. The smallest absolute Gasteiger partial charge is 0.326 e. The SMILES string of the molecule is CC[C@H](C)[C@H](NC(=O)[C@H](CO)NC(=O)CNC(=O)[C@H](CO)NC(=O)[C@H](CS)NC(=O)[C@H](CC(=O)O)NC(=O)[C@H](CCSC)NC(=O)[C@H](CC(C)C)NC(=O)[C@@H](N)CC(C)C)C(=O)N[C@@H](CCCNC(=N)N)C(=O)N[C@@H](CCCNC(=N)N)C(=O)N[C@@H](Cc1c[nH]cn1)C(=O)N[C@@H](CC(N)=O)C(=O)N[C@@H](Cc1c[nH]c2ccccc12)C(=O)N[C@H](C(=O)O)C(C)C. The average molecular weight is 1790 g/mol. The summed E-state index contributed by atoms with van der Waals surface area (Å²) in [6.07, 6.45) is 3.27. The molecule has 15 atom stereocenters. The van der Waals surface area contributed by atoms with E-state index in [1.807, 2.05) is 13.8 Å². The van der Waals surface area contributed by atoms with Gasteiger partial charge in [-0.3, -0.25) is 87.5 Å². The minimum atomic E-state index is -1.90. The highest BCUT2D eigenvalue weighted by atomic mass is 32.2. The summed E-state index contributed by atoms with van der Waals surface area (Å²) in [5.41, 5.74) is 24.1. The number of carboxylic acids is 2. The number of rotatable bonds is 58. The number of para-hydroxylation sites is 1. The maximum Gasteiger partial charge on any atom is 0.326 e. The number of hydrogen-bond donors (Lipinski definition) is 29. The number of benzene rings is 1. The molecule has 0 spiro atoms. The molecule has 690 valence electrons. The number of aliphatic hydroxyl groups excluding tert-OH is 2. The Morgan fingerprint density at radius 3 is 1.44 bits per heavy atom. The second-order valence-corrected chi connectivity index (χ2v) is 32.0. The van der Waals surface area contributed by atoms with E-state index in [2.05, 4.69) is 113 Å². The number of amides is 15. The highest BCUT2D eigenvalue weighted by Crippen LogP contribution is 2.21. The minimum Gasteiger partial charge on any atom is -0.481 e. The number of aliphatic hydroxyl groups is 2. The summed E-state index contributed by atoms with van der Waals surface area (Å²) in [6.45, 7) is 10.2. The molecule has 0 radical (unpaired) electrons. The molecule has 48 heteroatoms. The summed E-state index contributed by atoms with van der Waals surface area (Å²) in [7, 11) is 0. The van der Waals surface area contributed by atoms with Gasteiger partial charge in [0.2, 0.25) is 88.6 Å². The predicted molar refractivity (Wildman–Crippen MR) is 457 cm³/mol. The van der Waals surface area contributed by atoms with Crippen molar-refractivity contribution in [1.82, 2.24) is 100 Å². The van der Waals surface area contributed by atoms with Crippen molar-refractivity contribution in [3.63, 3.8) is 0 Å². The van der Waals surface area contributed by atoms with Gasteiger partial charge >= 0.3 is 11.9 Å². The fourth-order valence-corrected chi connectivity index (χ4v) is 13.1. The first-order valence-electron chi connectivity index (χ1n) is 40.2. The van der Waals surface area contributed by atoms with Gasteiger partial charge in [0.1, 0.15) is 78.5 Å². The number of primary amides is 1. The third-order valence-corrected chi connectivity index (χ3v) is 20.2. The van der Waals surface area contributed by atoms with Crippen LogP contribution in [-0.4, -0.2) is 283 Å². The number of aromatic nitrogens is 3. The summed E-state index contributed by atoms with van der Waals surface area (Å²) in [4.78, 5) is 243. The van der Waals surface area contributed by atoms with E-state index in [-0.39, 0.29) is 87.7 Å². The topological polar surface area (TPSA) is 760 Å². The van der Waals surface area contributed by atoms with Gasteiger partial charge in [-0.05, 0) is 92.3 Å². The zero-order chi connectivity index (χ0) is 93.2. The van der Waals surface area contributed by atoms with Crippen LogP contribution in [0.25, 0.3) is 10.9 Å². The van der Waals surface area contributed by atoms with Crippen molar-refractivity contribution in [1.29, 1.82) is 10.8 Å². The number of imidazole rings is 1. The Morgan fingerprint density at radius 2 is 0.944 bits per heavy atom. The van der Waals surface area contributed by atoms with Gasteiger partial charge in [0.25, 0.3) is 0 Å². The number of nitrogens with two attached hydrogens (primary N) is 4. The Hall–Kier alpha value is -11.9. The first-order valence-corrected chi connectivity index (χ1v) is 42.2. The lowest BCUT2D eigenvalue weighted by Gasteiger charge is -2.29. The molecule has 0 saturated carbocycles. The van der Waals surface area contributed by atoms with Crippen LogP contribution in [0.2, 0.25) is 0 Å². The van der Waals surface area contributed by atoms with E-state index in [1.165, 1.54) is 31.2 Å². The van der Waals surface area contributed by atoms with E-state index in [4.69, 9.17) is 33.8 Å². The standard InChI is InChI=1S/C76H123N25O21S2/c1-10-39(8)60(101-71(118)54(33-103)89-57(105)31-87-62(109)53(32-102)98-72(119)55(34-123)99-69(116)52(28-58(106)107)97-65(112)47(19-22-124-9)91-66(113)48(24-37(4)5)93-61(108)43(77)23-36(2)3)73(120)92-46(18-14-21-85-76(81)82)63(110)90-45(17-13-20-84-75(79)80)64(111)95-50(26-41-30-83-35-88-41)67(114)96-51(27-56(78)104)68(115)94-49(70(117)100-59(38(6)7)74(121)122)25-40-29-86-44-16-12-11-15-42(40)44/h11-12,15-16,29-30,35-39,43,45-55,59-60,86,102-103,123H,10,13-14,17-28,31-34,77H2,1-9H3,(H2,78,104)(H,83,88)(H,87,109)(H,89,105)(H,90,110)(H,91,113)(H,92,120)(H,93,108)(H,94,115)(H,95,111)(H,96,114)(H,97,112)(H,98,119)(H,99,116)(H,100,117)(H,101,118)(H,106,107)(H,121,122)(H4,79,80,84)(H4,81,82,85)/t39-,43-,45-,46-,47-,48-,49-,50-,51-,52-,53-,54-,55-,59-,60-/m0/s1. The van der Waals surface area contributed by atoms with Crippen LogP contribution in [0.4, 0.5) is 0 Å². The highest BCUT2D eigenvalue weighted by Gasteiger charge is 2.40. The number of thioether (sulfide) groups is 1. The third kappa shape index (κ3) is 37.8. The number of carbonyl (C=O) groups excluding carboxylic acids is 15. The number of guanidine groups is 2. The number of carboxylic acid groups (broad SMARTS) is 2. The van der Waals surface area contributed by atoms with Crippen molar-refractivity contribution < 1.29 is 102 Å². The molecule has 0 aliphatic rings. The molecule has 0 unspecified atom stereocenters. The van der Waals surface area contributed by atoms with Gasteiger partial charge in [-0.25, -0.2) is 9.78 Å². The molecule has 0 saturated heterocycles. The number of carbonyl (C=O) groups is 17. The molecule has 3 aromatic rings. The van der Waals surface area contributed by atoms with Crippen molar-refractivity contribution in [2.75, 3.05) is 50.6 Å². The van der Waals surface area contributed by atoms with Gasteiger partial charge in [0.15, 0.2) is 11.9 Å². The molecule has 46 nitrogen and oxygen atoms in total. The molecule has 0 bridgehead atoms. The first-order chi connectivity index (χ1) is 58.5. The maximum absolute atomic E-state index is 14.8. The van der Waals surface area contributed by atoms with E-state index < -0.39 is 254 Å². The van der Waals surface area contributed by atoms with Crippen LogP contribution in [0, 0.1) is 34.5 Å². The van der Waals surface area contributed by atoms with Gasteiger partial charge in [-0.15, -0.1) is 0 Å². The molecule has 0 fully saturated rings. The maximum atomic E-state index is 14.8. The summed E-state index contributed by atoms with van der Waals surface area (Å²) < 4.78 is 0. The number of aromatic amines is 2. The quantitative estimate of drug-likeness (QED) is 0.0108. The van der Waals surface area contributed by atoms with E-state index >= 15 is 0 Å². The van der Waals surface area contributed by atoms with Gasteiger partial charge in [-0.2, -0.15) is 24.4 Å². The van der Waals surface area contributed by atoms with Gasteiger partial charge in [0.05, 0.1) is 50.7 Å². The summed E-state index contributed by atoms with van der Waals surface area (Å²) in [5.74, 6) is -21.5. The molecule has 0 aliphatic heterocycles. The van der Waals surface area contributed by atoms with Gasteiger partial charge in [-0.1, -0.05) is 80.0 Å². The Labute approximate surface area is 725 Å². The molecular formula is C76H123N25O21S2. The zero-order valence-corrected chi connectivity index (χ0v) is 72.4. The number of aliphatic carboxylic acids is 2. The van der Waals surface area contributed by atoms with E-state index in [1.54, 1.807) is 71.3 Å². The minimum absolute atomic E-state index is 0.0153. The van der Waals surface area contributed by atoms with E-state index in [0.29, 0.717) is 22.9 Å². The van der Waals surface area contributed by atoms with Crippen molar-refractivity contribution >= 4 is 148 Å². The fourth-order valence-electron chi connectivity index (χ4n) is 12.3. The van der Waals surface area contributed by atoms with Crippen molar-refractivity contribution in [2.24, 2.45) is 46.6 Å². The van der Waals surface area contributed by atoms with Crippen LogP contribution in [0.15, 0.2) is 43.0 Å². The average Bonchev–Trinajstić information content (AvgIpc) is 1.65. The molecule has 2 aromatic heterocycles. The van der Waals surface area contributed by atoms with Crippen LogP contribution in [0.5, 0.6) is 0 Å². The van der Waals surface area contributed by atoms with Crippen LogP contribution in [0.1, 0.15) is 131 Å². The second-order valence-electron chi connectivity index (χ2n) is 30.6. The van der Waals surface area contributed by atoms with E-state index in [9.17, 15) is 102 Å². The van der Waals surface area contributed by atoms with Crippen LogP contribution in [0.3, 0.4) is 0 Å². The van der Waals surface area contributed by atoms with Crippen molar-refractivity contribution in [3.05, 3.63) is 54.2 Å². The summed E-state index contributed by atoms with van der Waals surface area (Å²) in [5, 5.41) is 95.5. The number of H-pyrrole nitrogens is 2. The Bertz CT molecular complexity index is 4140. The molecule has 1 aromatic carbocycles. The molecule has 124 heavy (non-hydrogen) atoms. The Kier molecular flexibility index (Phi) is 46.7. The van der Waals surface area contributed by atoms with Crippen molar-refractivity contribution in [2.45, 2.75) is 217 Å². The first kappa shape index (κ1) is 106. The lowest BCUT2D eigenvalue weighted by atomic mass is 9.97. The summed E-state index contributed by atoms with van der Waals surface area (Å²) in [6, 6.07) is -15.3. The van der Waals surface area contributed by atoms with E-state index in [0.717, 1.165) is 0 Å². The normalized spacial score (nSPS) is 14.8. The van der Waals surface area contributed by atoms with Crippen LogP contribution >= 0.6 is 24.4 Å². The highest BCUT2D eigenvalue weighted by molar-refractivity contribution is 7.98. The van der Waals surface area contributed by atoms with Gasteiger partial charge < -0.3 is 138 Å². The fraction of sp³-hybridized carbons (Fsp3) is 0.605. The number of hydrogen-bond acceptors (Lipinski definition) is 25. The number of nitrogens with zero attached hydrogens (tertiary/aromatic N) is 1. The summed E-state index contributed by atoms with van der Waals surface area (Å²) >= 11 is 5.41. The molecular weight excluding hydrogens is 1660 g/mol. The number of fused-ring (bicyclic) bond motifs is 1. The molecule has 32 N–H and O–H groups in total. The molecule has 3 rings (SSSR count).